The van der Waals surface area contributed by atoms with E-state index in [1.807, 2.05) is 12.1 Å². The Morgan fingerprint density at radius 2 is 1.12 bits per heavy atom. The molecule has 0 heterocycles. The lowest BCUT2D eigenvalue weighted by Gasteiger charge is -2.22. The van der Waals surface area contributed by atoms with Gasteiger partial charge in [0.2, 0.25) is 0 Å². The van der Waals surface area contributed by atoms with Crippen LogP contribution in [0.25, 0.3) is 0 Å². The topological polar surface area (TPSA) is 74.6 Å². The monoisotopic (exact) mass is 388 g/mol. The van der Waals surface area contributed by atoms with Gasteiger partial charge < -0.3 is 10.2 Å². The summed E-state index contributed by atoms with van der Waals surface area (Å²) in [5.74, 6) is 1.15. The van der Waals surface area contributed by atoms with E-state index in [2.05, 4.69) is 0 Å². The van der Waals surface area contributed by atoms with Gasteiger partial charge in [0.1, 0.15) is 0 Å². The summed E-state index contributed by atoms with van der Waals surface area (Å²) in [5, 5.41) is 17.9. The molecule has 136 valence electrons. The van der Waals surface area contributed by atoms with E-state index in [0.29, 0.717) is 46.6 Å². The summed E-state index contributed by atoms with van der Waals surface area (Å²) in [7, 11) is 0. The Labute approximate surface area is 161 Å². The Morgan fingerprint density at radius 3 is 1.50 bits per heavy atom. The van der Waals surface area contributed by atoms with Crippen LogP contribution in [0.5, 0.6) is 0 Å². The van der Waals surface area contributed by atoms with Gasteiger partial charge in [-0.05, 0) is 25.0 Å². The third-order valence-electron chi connectivity index (χ3n) is 4.12. The molecular formula is C20H20O4S2. The van der Waals surface area contributed by atoms with Crippen LogP contribution in [-0.4, -0.2) is 46.5 Å². The highest BCUT2D eigenvalue weighted by Gasteiger charge is 2.33. The maximum absolute atomic E-state index is 13.1. The van der Waals surface area contributed by atoms with Gasteiger partial charge in [-0.3, -0.25) is 9.59 Å². The average molecular weight is 389 g/mol. The van der Waals surface area contributed by atoms with Gasteiger partial charge in [-0.25, -0.2) is 0 Å². The summed E-state index contributed by atoms with van der Waals surface area (Å²) in [6, 6.07) is 10.7. The van der Waals surface area contributed by atoms with Crippen molar-refractivity contribution in [3.05, 3.63) is 58.7 Å². The number of benzene rings is 2. The summed E-state index contributed by atoms with van der Waals surface area (Å²) in [4.78, 5) is 27.8. The fourth-order valence-electron chi connectivity index (χ4n) is 2.91. The minimum Gasteiger partial charge on any atom is -0.396 e. The molecule has 3 rings (SSSR count). The Morgan fingerprint density at radius 1 is 0.692 bits per heavy atom. The van der Waals surface area contributed by atoms with Crippen LogP contribution in [0.2, 0.25) is 0 Å². The lowest BCUT2D eigenvalue weighted by Crippen LogP contribution is -2.22. The van der Waals surface area contributed by atoms with Gasteiger partial charge in [0.15, 0.2) is 11.6 Å². The Kier molecular flexibility index (Phi) is 6.53. The molecule has 2 aromatic rings. The van der Waals surface area contributed by atoms with Crippen molar-refractivity contribution in [2.24, 2.45) is 0 Å². The fraction of sp³-hybridized carbons (Fsp3) is 0.300. The molecule has 0 spiro atoms. The van der Waals surface area contributed by atoms with Crippen molar-refractivity contribution < 1.29 is 19.8 Å². The molecule has 6 heteroatoms. The van der Waals surface area contributed by atoms with Crippen LogP contribution in [-0.2, 0) is 0 Å². The number of ketones is 2. The largest absolute Gasteiger partial charge is 0.396 e. The zero-order valence-corrected chi connectivity index (χ0v) is 15.9. The van der Waals surface area contributed by atoms with Crippen LogP contribution in [0, 0.1) is 0 Å². The van der Waals surface area contributed by atoms with Crippen molar-refractivity contribution in [3.8, 4) is 0 Å². The number of carbonyl (C=O) groups is 2. The van der Waals surface area contributed by atoms with Gasteiger partial charge >= 0.3 is 0 Å². The van der Waals surface area contributed by atoms with Crippen LogP contribution in [0.15, 0.2) is 46.2 Å². The van der Waals surface area contributed by atoms with Gasteiger partial charge in [0, 0.05) is 56.8 Å². The molecule has 4 nitrogen and oxygen atoms in total. The zero-order chi connectivity index (χ0) is 18.5. The Bertz CT molecular complexity index is 763. The maximum atomic E-state index is 13.1. The summed E-state index contributed by atoms with van der Waals surface area (Å²) >= 11 is 2.99. The molecule has 0 aliphatic heterocycles. The second-order valence-corrected chi connectivity index (χ2v) is 8.14. The van der Waals surface area contributed by atoms with Crippen molar-refractivity contribution in [2.45, 2.75) is 22.6 Å². The van der Waals surface area contributed by atoms with Crippen molar-refractivity contribution in [3.63, 3.8) is 0 Å². The van der Waals surface area contributed by atoms with Crippen LogP contribution < -0.4 is 0 Å². The summed E-state index contributed by atoms with van der Waals surface area (Å²) in [5.41, 5.74) is 1.86. The first kappa shape index (κ1) is 19.2. The molecule has 0 atom stereocenters. The number of hydrogen-bond donors (Lipinski definition) is 2. The molecular weight excluding hydrogens is 368 g/mol. The second kappa shape index (κ2) is 8.86. The second-order valence-electron chi connectivity index (χ2n) is 5.87. The predicted octanol–water partition coefficient (Wildman–Crippen LogP) is 3.41. The normalized spacial score (nSPS) is 12.8. The van der Waals surface area contributed by atoms with E-state index in [1.54, 1.807) is 24.3 Å². The van der Waals surface area contributed by atoms with Gasteiger partial charge in [-0.2, -0.15) is 0 Å². The number of fused-ring (bicyclic) bond motifs is 2. The number of hydrogen-bond acceptors (Lipinski definition) is 6. The molecule has 0 saturated heterocycles. The predicted molar refractivity (Wildman–Crippen MR) is 105 cm³/mol. The quantitative estimate of drug-likeness (QED) is 0.455. The van der Waals surface area contributed by atoms with Gasteiger partial charge in [-0.1, -0.05) is 24.3 Å². The standard InChI is InChI=1S/C20H20O4S2/c21-9-3-11-25-15-7-1-5-13-17(15)20(24)14-6-2-8-16(18(14)19(13)23)26-12-4-10-22/h1-2,5-8,21-22H,3-4,9-12H2. The Balaban J connectivity index is 2.00. The fourth-order valence-corrected chi connectivity index (χ4v) is 4.94. The molecule has 2 N–H and O–H groups in total. The van der Waals surface area contributed by atoms with E-state index in [4.69, 9.17) is 10.2 Å². The average Bonchev–Trinajstić information content (AvgIpc) is 2.66. The van der Waals surface area contributed by atoms with Crippen molar-refractivity contribution in [1.29, 1.82) is 0 Å². The summed E-state index contributed by atoms with van der Waals surface area (Å²) in [6.07, 6.45) is 1.28. The van der Waals surface area contributed by atoms with Crippen molar-refractivity contribution in [2.75, 3.05) is 24.7 Å². The van der Waals surface area contributed by atoms with Gasteiger partial charge in [0.25, 0.3) is 0 Å². The Hall–Kier alpha value is -1.60. The van der Waals surface area contributed by atoms with Crippen LogP contribution in [0.3, 0.4) is 0 Å². The lowest BCUT2D eigenvalue weighted by atomic mass is 9.84. The molecule has 0 amide bonds. The van der Waals surface area contributed by atoms with E-state index in [-0.39, 0.29) is 24.8 Å². The molecule has 0 unspecified atom stereocenters. The van der Waals surface area contributed by atoms with Gasteiger partial charge in [-0.15, -0.1) is 23.5 Å². The van der Waals surface area contributed by atoms with E-state index in [1.165, 1.54) is 23.5 Å². The zero-order valence-electron chi connectivity index (χ0n) is 14.2. The molecule has 0 saturated carbocycles. The van der Waals surface area contributed by atoms with E-state index >= 15 is 0 Å². The van der Waals surface area contributed by atoms with Crippen LogP contribution >= 0.6 is 23.5 Å². The molecule has 1 aliphatic rings. The number of aliphatic hydroxyl groups is 2. The van der Waals surface area contributed by atoms with Crippen LogP contribution in [0.4, 0.5) is 0 Å². The molecule has 0 bridgehead atoms. The van der Waals surface area contributed by atoms with Crippen LogP contribution in [0.1, 0.15) is 44.7 Å². The highest BCUT2D eigenvalue weighted by Crippen LogP contribution is 2.37. The molecule has 1 aliphatic carbocycles. The summed E-state index contributed by atoms with van der Waals surface area (Å²) in [6.45, 7) is 0.207. The molecule has 26 heavy (non-hydrogen) atoms. The third-order valence-corrected chi connectivity index (χ3v) is 6.40. The first-order valence-electron chi connectivity index (χ1n) is 8.51. The third kappa shape index (κ3) is 3.74. The highest BCUT2D eigenvalue weighted by atomic mass is 32.2. The molecule has 0 aromatic heterocycles. The number of thioether (sulfide) groups is 2. The van der Waals surface area contributed by atoms with Crippen molar-refractivity contribution in [1.82, 2.24) is 0 Å². The lowest BCUT2D eigenvalue weighted by molar-refractivity contribution is 0.0974. The highest BCUT2D eigenvalue weighted by molar-refractivity contribution is 7.99. The van der Waals surface area contributed by atoms with E-state index in [9.17, 15) is 9.59 Å². The smallest absolute Gasteiger partial charge is 0.195 e. The number of aliphatic hydroxyl groups excluding tert-OH is 2. The number of rotatable bonds is 8. The number of carbonyl (C=O) groups excluding carboxylic acids is 2. The minimum absolute atomic E-state index is 0.103. The summed E-state index contributed by atoms with van der Waals surface area (Å²) < 4.78 is 0. The minimum atomic E-state index is -0.119. The SMILES string of the molecule is O=C1c2cccc(SCCCO)c2C(=O)c2cccc(SCCCO)c21. The van der Waals surface area contributed by atoms with E-state index < -0.39 is 0 Å². The first-order chi connectivity index (χ1) is 12.7. The molecule has 2 aromatic carbocycles. The molecule has 0 fully saturated rings. The van der Waals surface area contributed by atoms with Gasteiger partial charge in [0.05, 0.1) is 0 Å². The maximum Gasteiger partial charge on any atom is 0.195 e. The van der Waals surface area contributed by atoms with Crippen molar-refractivity contribution >= 4 is 35.1 Å². The molecule has 0 radical (unpaired) electrons. The first-order valence-corrected chi connectivity index (χ1v) is 10.5. The van der Waals surface area contributed by atoms with E-state index in [0.717, 1.165) is 9.79 Å².